The van der Waals surface area contributed by atoms with Crippen LogP contribution in [0.5, 0.6) is 0 Å². The molecule has 7 heteroatoms. The van der Waals surface area contributed by atoms with Crippen molar-refractivity contribution in [1.82, 2.24) is 9.13 Å². The average molecular weight is 575 g/mol. The number of benzene rings is 3. The number of anilines is 1. The van der Waals surface area contributed by atoms with E-state index in [0.29, 0.717) is 32.2 Å². The Morgan fingerprint density at radius 2 is 1.64 bits per heavy atom. The van der Waals surface area contributed by atoms with Crippen molar-refractivity contribution in [3.8, 4) is 0 Å². The molecule has 6 rings (SSSR count). The predicted molar refractivity (Wildman–Crippen MR) is 172 cm³/mol. The van der Waals surface area contributed by atoms with Gasteiger partial charge in [0.25, 0.3) is 11.5 Å². The zero-order valence-corrected chi connectivity index (χ0v) is 25.3. The van der Waals surface area contributed by atoms with Crippen molar-refractivity contribution in [3.05, 3.63) is 133 Å². The van der Waals surface area contributed by atoms with Gasteiger partial charge < -0.3 is 9.88 Å². The lowest BCUT2D eigenvalue weighted by Crippen LogP contribution is -2.40. The van der Waals surface area contributed by atoms with Crippen LogP contribution < -0.4 is 20.2 Å². The first kappa shape index (κ1) is 27.7. The van der Waals surface area contributed by atoms with E-state index in [9.17, 15) is 9.59 Å². The first-order chi connectivity index (χ1) is 20.2. The Bertz CT molecular complexity index is 2010. The number of allylic oxidation sites excluding steroid dienone is 1. The number of aromatic nitrogens is 2. The summed E-state index contributed by atoms with van der Waals surface area (Å²) >= 11 is 1.36. The number of rotatable bonds is 6. The number of hydrogen-bond acceptors (Lipinski definition) is 4. The van der Waals surface area contributed by atoms with Gasteiger partial charge in [-0.3, -0.25) is 14.2 Å². The Balaban J connectivity index is 1.53. The minimum absolute atomic E-state index is 0.157. The molecule has 1 amide bonds. The summed E-state index contributed by atoms with van der Waals surface area (Å²) in [5.41, 5.74) is 5.79. The second-order valence-electron chi connectivity index (χ2n) is 11.3. The molecular formula is C35H34N4O2S. The molecule has 1 aliphatic heterocycles. The summed E-state index contributed by atoms with van der Waals surface area (Å²) in [7, 11) is 0. The standard InChI is InChI=1S/C35H34N4O2S/c1-21(2)24-15-17-25(18-16-24)32-31(33(40)37-27-11-7-6-8-12-27)23(5)36-35-39(32)34(41)30(42-35)19-26-20-38(22(3)4)29-14-10-9-13-28(26)29/h6-22,32H,1-5H3,(H,37,40)/b30-19-/t32-/m1/s1. The number of carbonyl (C=O) groups excluding carboxylic acids is 1. The number of nitrogens with zero attached hydrogens (tertiary/aromatic N) is 3. The van der Waals surface area contributed by atoms with Crippen LogP contribution in [-0.2, 0) is 4.79 Å². The first-order valence-electron chi connectivity index (χ1n) is 14.3. The van der Waals surface area contributed by atoms with Crippen molar-refractivity contribution in [3.63, 3.8) is 0 Å². The summed E-state index contributed by atoms with van der Waals surface area (Å²) in [6, 6.07) is 25.5. The van der Waals surface area contributed by atoms with Crippen LogP contribution in [0.15, 0.2) is 106 Å². The molecule has 3 heterocycles. The molecule has 5 aromatic rings. The Hall–Kier alpha value is -4.49. The molecule has 2 aromatic heterocycles. The van der Waals surface area contributed by atoms with Crippen LogP contribution in [-0.4, -0.2) is 15.0 Å². The molecule has 3 aromatic carbocycles. The van der Waals surface area contributed by atoms with Crippen LogP contribution in [0.3, 0.4) is 0 Å². The number of thiazole rings is 1. The van der Waals surface area contributed by atoms with E-state index in [1.165, 1.54) is 16.9 Å². The number of hydrogen-bond donors (Lipinski definition) is 1. The smallest absolute Gasteiger partial charge is 0.271 e. The molecule has 6 nitrogen and oxygen atoms in total. The summed E-state index contributed by atoms with van der Waals surface area (Å²) in [6.45, 7) is 10.5. The molecule has 212 valence electrons. The number of fused-ring (bicyclic) bond motifs is 2. The molecule has 0 saturated carbocycles. The van der Waals surface area contributed by atoms with Gasteiger partial charge in [-0.05, 0) is 62.1 Å². The minimum atomic E-state index is -0.606. The van der Waals surface area contributed by atoms with Crippen LogP contribution in [0.2, 0.25) is 0 Å². The fourth-order valence-corrected chi connectivity index (χ4v) is 6.66. The lowest BCUT2D eigenvalue weighted by Gasteiger charge is -2.25. The zero-order chi connectivity index (χ0) is 29.5. The first-order valence-corrected chi connectivity index (χ1v) is 15.1. The van der Waals surface area contributed by atoms with Gasteiger partial charge in [-0.15, -0.1) is 0 Å². The van der Waals surface area contributed by atoms with Crippen molar-refractivity contribution in [2.45, 2.75) is 52.6 Å². The van der Waals surface area contributed by atoms with Gasteiger partial charge >= 0.3 is 0 Å². The SMILES string of the molecule is CC1=C(C(=O)Nc2ccccc2)[C@@H](c2ccc(C(C)C)cc2)n2c(s/c(=C\c3cn(C(C)C)c4ccccc34)c2=O)=N1. The molecule has 1 aliphatic rings. The van der Waals surface area contributed by atoms with Crippen LogP contribution in [0.25, 0.3) is 17.0 Å². The summed E-state index contributed by atoms with van der Waals surface area (Å²) in [5.74, 6) is 0.0989. The van der Waals surface area contributed by atoms with Gasteiger partial charge in [0.05, 0.1) is 21.8 Å². The van der Waals surface area contributed by atoms with E-state index < -0.39 is 6.04 Å². The maximum atomic E-state index is 14.2. The molecule has 0 radical (unpaired) electrons. The molecule has 0 spiro atoms. The number of carbonyl (C=O) groups is 1. The molecule has 0 unspecified atom stereocenters. The van der Waals surface area contributed by atoms with Crippen molar-refractivity contribution in [2.75, 3.05) is 5.32 Å². The Morgan fingerprint density at radius 1 is 0.952 bits per heavy atom. The van der Waals surface area contributed by atoms with E-state index in [1.54, 1.807) is 4.57 Å². The Kier molecular flexibility index (Phi) is 7.29. The van der Waals surface area contributed by atoms with Crippen molar-refractivity contribution >= 4 is 39.9 Å². The van der Waals surface area contributed by atoms with E-state index in [0.717, 1.165) is 22.0 Å². The molecule has 0 saturated heterocycles. The van der Waals surface area contributed by atoms with Crippen molar-refractivity contribution < 1.29 is 4.79 Å². The highest BCUT2D eigenvalue weighted by molar-refractivity contribution is 7.07. The maximum absolute atomic E-state index is 14.2. The normalized spacial score (nSPS) is 15.4. The molecule has 0 fully saturated rings. The van der Waals surface area contributed by atoms with Crippen molar-refractivity contribution in [2.24, 2.45) is 4.99 Å². The molecule has 0 aliphatic carbocycles. The zero-order valence-electron chi connectivity index (χ0n) is 24.5. The number of amides is 1. The van der Waals surface area contributed by atoms with Gasteiger partial charge in [0.2, 0.25) is 0 Å². The summed E-state index contributed by atoms with van der Waals surface area (Å²) < 4.78 is 4.50. The predicted octanol–water partition coefficient (Wildman–Crippen LogP) is 6.53. The average Bonchev–Trinajstić information content (AvgIpc) is 3.50. The highest BCUT2D eigenvalue weighted by Gasteiger charge is 2.32. The van der Waals surface area contributed by atoms with Gasteiger partial charge in [-0.1, -0.05) is 85.8 Å². The largest absolute Gasteiger partial charge is 0.344 e. The molecular weight excluding hydrogens is 540 g/mol. The maximum Gasteiger partial charge on any atom is 0.271 e. The van der Waals surface area contributed by atoms with Crippen molar-refractivity contribution in [1.29, 1.82) is 0 Å². The van der Waals surface area contributed by atoms with Gasteiger partial charge in [0.1, 0.15) is 0 Å². The lowest BCUT2D eigenvalue weighted by atomic mass is 9.93. The number of para-hydroxylation sites is 2. The third-order valence-corrected chi connectivity index (χ3v) is 8.81. The fourth-order valence-electron chi connectivity index (χ4n) is 5.63. The van der Waals surface area contributed by atoms with E-state index >= 15 is 0 Å². The Labute approximate surface area is 249 Å². The van der Waals surface area contributed by atoms with E-state index in [1.807, 2.05) is 67.6 Å². The lowest BCUT2D eigenvalue weighted by molar-refractivity contribution is -0.113. The van der Waals surface area contributed by atoms with E-state index in [-0.39, 0.29) is 17.5 Å². The number of nitrogens with one attached hydrogen (secondary N) is 1. The molecule has 42 heavy (non-hydrogen) atoms. The highest BCUT2D eigenvalue weighted by Crippen LogP contribution is 2.32. The van der Waals surface area contributed by atoms with E-state index in [4.69, 9.17) is 4.99 Å². The molecule has 1 N–H and O–H groups in total. The minimum Gasteiger partial charge on any atom is -0.344 e. The second-order valence-corrected chi connectivity index (χ2v) is 12.3. The van der Waals surface area contributed by atoms with Crippen LogP contribution in [0.1, 0.15) is 69.3 Å². The van der Waals surface area contributed by atoms with Gasteiger partial charge in [0.15, 0.2) is 4.80 Å². The fraction of sp³-hybridized carbons (Fsp3) is 0.229. The van der Waals surface area contributed by atoms with Gasteiger partial charge in [-0.2, -0.15) is 0 Å². The topological polar surface area (TPSA) is 68.4 Å². The van der Waals surface area contributed by atoms with Gasteiger partial charge in [-0.25, -0.2) is 4.99 Å². The monoisotopic (exact) mass is 574 g/mol. The second kappa shape index (κ2) is 11.1. The summed E-state index contributed by atoms with van der Waals surface area (Å²) in [4.78, 5) is 33.4. The summed E-state index contributed by atoms with van der Waals surface area (Å²) in [6.07, 6.45) is 4.08. The Morgan fingerprint density at radius 3 is 2.33 bits per heavy atom. The third-order valence-electron chi connectivity index (χ3n) is 7.83. The van der Waals surface area contributed by atoms with Crippen LogP contribution in [0, 0.1) is 0 Å². The van der Waals surface area contributed by atoms with Crippen LogP contribution >= 0.6 is 11.3 Å². The third kappa shape index (κ3) is 4.94. The molecule has 1 atom stereocenters. The van der Waals surface area contributed by atoms with E-state index in [2.05, 4.69) is 68.0 Å². The highest BCUT2D eigenvalue weighted by atomic mass is 32.1. The quantitative estimate of drug-likeness (QED) is 0.250. The summed E-state index contributed by atoms with van der Waals surface area (Å²) in [5, 5.41) is 4.12. The van der Waals surface area contributed by atoms with Gasteiger partial charge in [0, 0.05) is 34.4 Å². The molecule has 0 bridgehead atoms. The van der Waals surface area contributed by atoms with Crippen LogP contribution in [0.4, 0.5) is 5.69 Å².